The van der Waals surface area contributed by atoms with E-state index in [2.05, 4.69) is 17.4 Å². The maximum atomic E-state index is 13.1. The third-order valence-corrected chi connectivity index (χ3v) is 4.86. The van der Waals surface area contributed by atoms with E-state index in [0.29, 0.717) is 32.8 Å². The summed E-state index contributed by atoms with van der Waals surface area (Å²) >= 11 is 0. The Hall–Kier alpha value is -2.08. The van der Waals surface area contributed by atoms with Crippen LogP contribution in [0.3, 0.4) is 0 Å². The molecule has 0 atom stereocenters. The van der Waals surface area contributed by atoms with Crippen molar-refractivity contribution in [3.8, 4) is 0 Å². The minimum absolute atomic E-state index is 0.202. The summed E-state index contributed by atoms with van der Waals surface area (Å²) in [7, 11) is 0. The average Bonchev–Trinajstić information content (AvgIpc) is 2.59. The van der Waals surface area contributed by atoms with E-state index in [1.54, 1.807) is 11.8 Å². The molecule has 1 aromatic carbocycles. The third kappa shape index (κ3) is 3.38. The normalized spacial score (nSPS) is 19.5. The Morgan fingerprint density at radius 3 is 2.25 bits per heavy atom. The number of hydrogen-bond donors (Lipinski definition) is 1. The van der Waals surface area contributed by atoms with Gasteiger partial charge >= 0.3 is 6.09 Å². The second kappa shape index (κ2) is 7.21. The van der Waals surface area contributed by atoms with Gasteiger partial charge in [-0.2, -0.15) is 0 Å². The van der Waals surface area contributed by atoms with Crippen LogP contribution in [0.4, 0.5) is 4.79 Å². The van der Waals surface area contributed by atoms with Crippen molar-refractivity contribution in [1.29, 1.82) is 0 Å². The largest absolute Gasteiger partial charge is 0.450 e. The smallest absolute Gasteiger partial charge is 0.409 e. The number of hydrogen-bond acceptors (Lipinski definition) is 4. The van der Waals surface area contributed by atoms with E-state index in [0.717, 1.165) is 19.5 Å². The highest BCUT2D eigenvalue weighted by molar-refractivity contribution is 5.85. The number of carbonyl (C=O) groups is 2. The summed E-state index contributed by atoms with van der Waals surface area (Å²) in [6.45, 7) is 5.86. The monoisotopic (exact) mass is 331 g/mol. The fourth-order valence-electron chi connectivity index (χ4n) is 3.41. The van der Waals surface area contributed by atoms with E-state index in [9.17, 15) is 9.59 Å². The van der Waals surface area contributed by atoms with Crippen LogP contribution in [-0.4, -0.2) is 67.7 Å². The Kier molecular flexibility index (Phi) is 5.04. The van der Waals surface area contributed by atoms with Gasteiger partial charge in [0.1, 0.15) is 0 Å². The van der Waals surface area contributed by atoms with Gasteiger partial charge < -0.3 is 19.9 Å². The molecule has 2 amide bonds. The van der Waals surface area contributed by atoms with Gasteiger partial charge in [-0.25, -0.2) is 4.79 Å². The van der Waals surface area contributed by atoms with Gasteiger partial charge in [-0.15, -0.1) is 0 Å². The van der Waals surface area contributed by atoms with E-state index in [-0.39, 0.29) is 17.4 Å². The van der Waals surface area contributed by atoms with Crippen molar-refractivity contribution in [2.45, 2.75) is 13.3 Å². The zero-order chi connectivity index (χ0) is 17.0. The molecular formula is C18H25N3O3. The predicted molar refractivity (Wildman–Crippen MR) is 90.6 cm³/mol. The number of nitrogens with one attached hydrogen (secondary N) is 1. The molecule has 6 nitrogen and oxygen atoms in total. The fourth-order valence-corrected chi connectivity index (χ4v) is 3.41. The van der Waals surface area contributed by atoms with Gasteiger partial charge in [0.15, 0.2) is 0 Å². The third-order valence-electron chi connectivity index (χ3n) is 4.86. The van der Waals surface area contributed by atoms with Crippen LogP contribution in [0.25, 0.3) is 0 Å². The molecule has 2 aliphatic heterocycles. The first-order valence-electron chi connectivity index (χ1n) is 8.60. The molecule has 3 rings (SSSR count). The Labute approximate surface area is 142 Å². The highest BCUT2D eigenvalue weighted by atomic mass is 16.6. The highest BCUT2D eigenvalue weighted by Crippen LogP contribution is 2.30. The zero-order valence-corrected chi connectivity index (χ0v) is 14.2. The molecule has 1 N–H and O–H groups in total. The van der Waals surface area contributed by atoms with E-state index in [1.807, 2.05) is 23.1 Å². The summed E-state index contributed by atoms with van der Waals surface area (Å²) in [6, 6.07) is 10.2. The molecule has 1 aromatic rings. The van der Waals surface area contributed by atoms with Gasteiger partial charge in [-0.3, -0.25) is 4.79 Å². The van der Waals surface area contributed by atoms with E-state index in [1.165, 1.54) is 5.56 Å². The van der Waals surface area contributed by atoms with Crippen LogP contribution in [0.2, 0.25) is 0 Å². The Morgan fingerprint density at radius 1 is 1.08 bits per heavy atom. The molecule has 0 bridgehead atoms. The highest BCUT2D eigenvalue weighted by Gasteiger charge is 2.46. The minimum Gasteiger partial charge on any atom is -0.450 e. The molecule has 2 aliphatic rings. The van der Waals surface area contributed by atoms with Crippen molar-refractivity contribution in [3.05, 3.63) is 35.9 Å². The number of benzene rings is 1. The molecule has 0 aliphatic carbocycles. The van der Waals surface area contributed by atoms with Crippen molar-refractivity contribution in [1.82, 2.24) is 15.1 Å². The van der Waals surface area contributed by atoms with Gasteiger partial charge in [-0.05, 0) is 18.9 Å². The molecule has 0 saturated carbocycles. The topological polar surface area (TPSA) is 61.9 Å². The van der Waals surface area contributed by atoms with Crippen LogP contribution in [-0.2, 0) is 16.0 Å². The Bertz CT molecular complexity index is 578. The first kappa shape index (κ1) is 16.8. The van der Waals surface area contributed by atoms with E-state index >= 15 is 0 Å². The van der Waals surface area contributed by atoms with Gasteiger partial charge in [0.05, 0.1) is 12.0 Å². The van der Waals surface area contributed by atoms with Crippen LogP contribution >= 0.6 is 0 Å². The second-order valence-electron chi connectivity index (χ2n) is 6.52. The number of ether oxygens (including phenoxy) is 1. The first-order valence-corrected chi connectivity index (χ1v) is 8.60. The summed E-state index contributed by atoms with van der Waals surface area (Å²) < 4.78 is 5.03. The average molecular weight is 331 g/mol. The second-order valence-corrected chi connectivity index (χ2v) is 6.52. The van der Waals surface area contributed by atoms with Crippen molar-refractivity contribution in [3.63, 3.8) is 0 Å². The zero-order valence-electron chi connectivity index (χ0n) is 14.2. The van der Waals surface area contributed by atoms with Crippen molar-refractivity contribution in [2.24, 2.45) is 5.41 Å². The maximum absolute atomic E-state index is 13.1. The van der Waals surface area contributed by atoms with Crippen molar-refractivity contribution < 1.29 is 14.3 Å². The number of nitrogens with zero attached hydrogens (tertiary/aromatic N) is 2. The Morgan fingerprint density at radius 2 is 1.71 bits per heavy atom. The van der Waals surface area contributed by atoms with Crippen molar-refractivity contribution >= 4 is 12.0 Å². The molecule has 0 radical (unpaired) electrons. The maximum Gasteiger partial charge on any atom is 0.409 e. The van der Waals surface area contributed by atoms with Crippen LogP contribution < -0.4 is 5.32 Å². The van der Waals surface area contributed by atoms with Crippen LogP contribution in [0, 0.1) is 5.41 Å². The van der Waals surface area contributed by atoms with E-state index in [4.69, 9.17) is 4.74 Å². The number of amides is 2. The van der Waals surface area contributed by atoms with Crippen LogP contribution in [0.5, 0.6) is 0 Å². The molecule has 2 fully saturated rings. The molecule has 0 spiro atoms. The lowest BCUT2D eigenvalue weighted by Crippen LogP contribution is -2.65. The van der Waals surface area contributed by atoms with Crippen LogP contribution in [0.1, 0.15) is 12.5 Å². The Balaban J connectivity index is 1.60. The van der Waals surface area contributed by atoms with Crippen molar-refractivity contribution in [2.75, 3.05) is 45.9 Å². The first-order chi connectivity index (χ1) is 11.6. The lowest BCUT2D eigenvalue weighted by Gasteiger charge is -2.46. The van der Waals surface area contributed by atoms with Gasteiger partial charge in [0.25, 0.3) is 0 Å². The summed E-state index contributed by atoms with van der Waals surface area (Å²) in [5.41, 5.74) is 0.852. The predicted octanol–water partition coefficient (Wildman–Crippen LogP) is 1.12. The summed E-state index contributed by atoms with van der Waals surface area (Å²) in [5.74, 6) is 0.202. The number of piperazine rings is 1. The lowest BCUT2D eigenvalue weighted by atomic mass is 9.75. The van der Waals surface area contributed by atoms with Crippen LogP contribution in [0.15, 0.2) is 30.3 Å². The quantitative estimate of drug-likeness (QED) is 0.898. The molecule has 6 heteroatoms. The molecule has 2 heterocycles. The van der Waals surface area contributed by atoms with E-state index < -0.39 is 0 Å². The molecule has 130 valence electrons. The van der Waals surface area contributed by atoms with Gasteiger partial charge in [0, 0.05) is 39.3 Å². The number of carbonyl (C=O) groups excluding carboxylic acids is 2. The standard InChI is InChI=1S/C18H25N3O3/c1-2-24-17(23)21-10-8-20(9-11-21)16(22)18(13-19-14-18)12-15-6-4-3-5-7-15/h3-7,19H,2,8-14H2,1H3. The fraction of sp³-hybridized carbons (Fsp3) is 0.556. The lowest BCUT2D eigenvalue weighted by molar-refractivity contribution is -0.147. The molecule has 0 aromatic heterocycles. The molecule has 24 heavy (non-hydrogen) atoms. The minimum atomic E-state index is -0.340. The molecular weight excluding hydrogens is 306 g/mol. The molecule has 2 saturated heterocycles. The number of rotatable bonds is 4. The summed E-state index contributed by atoms with van der Waals surface area (Å²) in [5, 5.41) is 3.25. The summed E-state index contributed by atoms with van der Waals surface area (Å²) in [6.07, 6.45) is 0.478. The molecule has 0 unspecified atom stereocenters. The van der Waals surface area contributed by atoms with Gasteiger partial charge in [0.2, 0.25) is 5.91 Å². The SMILES string of the molecule is CCOC(=O)N1CCN(C(=O)C2(Cc3ccccc3)CNC2)CC1. The van der Waals surface area contributed by atoms with Gasteiger partial charge in [-0.1, -0.05) is 30.3 Å². The summed E-state index contributed by atoms with van der Waals surface area (Å²) in [4.78, 5) is 28.4.